The molecule has 0 unspecified atom stereocenters. The maximum atomic E-state index is 6.50. The molecule has 2 aromatic rings. The molecule has 4 rings (SSSR count). The number of halogens is 2. The zero-order chi connectivity index (χ0) is 15.8. The molecular formula is C18H17Cl2N3. The number of amidine groups is 1. The first-order valence-corrected chi connectivity index (χ1v) is 8.58. The molecular weight excluding hydrogens is 329 g/mol. The van der Waals surface area contributed by atoms with Gasteiger partial charge in [-0.1, -0.05) is 41.4 Å². The van der Waals surface area contributed by atoms with Crippen LogP contribution in [0.4, 0.5) is 5.69 Å². The summed E-state index contributed by atoms with van der Waals surface area (Å²) in [5.41, 5.74) is 4.38. The molecule has 2 aliphatic rings. The van der Waals surface area contributed by atoms with Crippen LogP contribution in [0.5, 0.6) is 0 Å². The van der Waals surface area contributed by atoms with Crippen LogP contribution >= 0.6 is 23.2 Å². The average Bonchev–Trinajstić information content (AvgIpc) is 2.73. The van der Waals surface area contributed by atoms with E-state index in [9.17, 15) is 0 Å². The quantitative estimate of drug-likeness (QED) is 0.784. The van der Waals surface area contributed by atoms with Crippen LogP contribution in [0.25, 0.3) is 0 Å². The molecule has 1 fully saturated rings. The maximum Gasteiger partial charge on any atom is 0.136 e. The Labute approximate surface area is 145 Å². The Bertz CT molecular complexity index is 780. The second-order valence-electron chi connectivity index (χ2n) is 5.89. The van der Waals surface area contributed by atoms with E-state index in [0.29, 0.717) is 5.02 Å². The van der Waals surface area contributed by atoms with Crippen LogP contribution in [0.2, 0.25) is 10.0 Å². The van der Waals surface area contributed by atoms with E-state index in [1.807, 2.05) is 24.3 Å². The Kier molecular flexibility index (Phi) is 4.02. The van der Waals surface area contributed by atoms with Crippen molar-refractivity contribution in [1.29, 1.82) is 0 Å². The average molecular weight is 346 g/mol. The molecule has 23 heavy (non-hydrogen) atoms. The number of rotatable bonds is 0. The number of hydrogen-bond donors (Lipinski definition) is 1. The number of nitrogens with zero attached hydrogens (tertiary/aromatic N) is 2. The summed E-state index contributed by atoms with van der Waals surface area (Å²) in [6, 6.07) is 12.0. The van der Waals surface area contributed by atoms with E-state index in [-0.39, 0.29) is 0 Å². The Morgan fingerprint density at radius 1 is 1.04 bits per heavy atom. The van der Waals surface area contributed by atoms with Crippen molar-refractivity contribution in [2.24, 2.45) is 4.99 Å². The highest BCUT2D eigenvalue weighted by atomic mass is 35.5. The van der Waals surface area contributed by atoms with Gasteiger partial charge < -0.3 is 10.2 Å². The van der Waals surface area contributed by atoms with Gasteiger partial charge in [0.15, 0.2) is 0 Å². The second kappa shape index (κ2) is 6.16. The third kappa shape index (κ3) is 2.85. The maximum absolute atomic E-state index is 6.50. The largest absolute Gasteiger partial charge is 0.354 e. The van der Waals surface area contributed by atoms with E-state index < -0.39 is 0 Å². The van der Waals surface area contributed by atoms with Gasteiger partial charge in [-0.2, -0.15) is 0 Å². The zero-order valence-electron chi connectivity index (χ0n) is 12.6. The minimum atomic E-state index is 0.712. The van der Waals surface area contributed by atoms with Gasteiger partial charge >= 0.3 is 0 Å². The lowest BCUT2D eigenvalue weighted by atomic mass is 9.99. The normalized spacial score (nSPS) is 17.1. The van der Waals surface area contributed by atoms with Crippen molar-refractivity contribution in [3.8, 4) is 0 Å². The van der Waals surface area contributed by atoms with Gasteiger partial charge in [-0.15, -0.1) is 0 Å². The lowest BCUT2D eigenvalue weighted by Crippen LogP contribution is -2.46. The lowest BCUT2D eigenvalue weighted by Gasteiger charge is -2.31. The van der Waals surface area contributed by atoms with Gasteiger partial charge in [0.1, 0.15) is 5.84 Å². The molecule has 0 spiro atoms. The molecule has 0 amide bonds. The van der Waals surface area contributed by atoms with Crippen LogP contribution in [0.3, 0.4) is 0 Å². The number of fused-ring (bicyclic) bond motifs is 2. The fourth-order valence-electron chi connectivity index (χ4n) is 3.22. The fourth-order valence-corrected chi connectivity index (χ4v) is 3.63. The molecule has 0 aliphatic carbocycles. The summed E-state index contributed by atoms with van der Waals surface area (Å²) >= 11 is 12.7. The van der Waals surface area contributed by atoms with Crippen molar-refractivity contribution >= 4 is 34.7 Å². The summed E-state index contributed by atoms with van der Waals surface area (Å²) in [5, 5.41) is 4.90. The summed E-state index contributed by atoms with van der Waals surface area (Å²) in [5.74, 6) is 1.00. The smallest absolute Gasteiger partial charge is 0.136 e. The fraction of sp³-hybridized carbons (Fsp3) is 0.278. The number of aliphatic imine (C=N–C) groups is 1. The Balaban J connectivity index is 1.91. The van der Waals surface area contributed by atoms with Gasteiger partial charge in [-0.05, 0) is 29.3 Å². The molecule has 1 N–H and O–H groups in total. The third-order valence-electron chi connectivity index (χ3n) is 4.42. The monoisotopic (exact) mass is 345 g/mol. The summed E-state index contributed by atoms with van der Waals surface area (Å²) < 4.78 is 0. The lowest BCUT2D eigenvalue weighted by molar-refractivity contribution is 0.358. The van der Waals surface area contributed by atoms with E-state index in [4.69, 9.17) is 28.2 Å². The standard InChI is InChI=1S/C18H17Cl2N3/c19-13-5-4-12-10-15-14(2-1-3-16(15)20)18(22-17(12)11-13)23-8-6-21-7-9-23/h1-5,11,21H,6-10H2. The van der Waals surface area contributed by atoms with Crippen LogP contribution in [-0.2, 0) is 6.42 Å². The van der Waals surface area contributed by atoms with E-state index in [1.165, 1.54) is 0 Å². The Hall–Kier alpha value is -1.55. The minimum absolute atomic E-state index is 0.712. The predicted octanol–water partition coefficient (Wildman–Crippen LogP) is 3.88. The molecule has 3 nitrogen and oxygen atoms in total. The van der Waals surface area contributed by atoms with Crippen molar-refractivity contribution < 1.29 is 0 Å². The Morgan fingerprint density at radius 3 is 2.70 bits per heavy atom. The van der Waals surface area contributed by atoms with E-state index >= 15 is 0 Å². The number of benzene rings is 2. The first kappa shape index (κ1) is 15.0. The molecule has 0 aromatic heterocycles. The highest BCUT2D eigenvalue weighted by Gasteiger charge is 2.24. The highest BCUT2D eigenvalue weighted by Crippen LogP contribution is 2.34. The molecule has 0 saturated carbocycles. The SMILES string of the molecule is Clc1ccc2c(c1)N=C(N1CCNCC1)c1cccc(Cl)c1C2. The van der Waals surface area contributed by atoms with E-state index in [2.05, 4.69) is 22.3 Å². The van der Waals surface area contributed by atoms with Gasteiger partial charge in [0.05, 0.1) is 5.69 Å². The van der Waals surface area contributed by atoms with Crippen molar-refractivity contribution in [1.82, 2.24) is 10.2 Å². The topological polar surface area (TPSA) is 27.6 Å². The van der Waals surface area contributed by atoms with E-state index in [0.717, 1.165) is 65.8 Å². The summed E-state index contributed by atoms with van der Waals surface area (Å²) in [7, 11) is 0. The third-order valence-corrected chi connectivity index (χ3v) is 5.01. The summed E-state index contributed by atoms with van der Waals surface area (Å²) in [6.45, 7) is 3.83. The molecule has 2 aromatic carbocycles. The molecule has 0 radical (unpaired) electrons. The van der Waals surface area contributed by atoms with Crippen LogP contribution in [0, 0.1) is 0 Å². The van der Waals surface area contributed by atoms with Gasteiger partial charge in [0, 0.05) is 48.2 Å². The van der Waals surface area contributed by atoms with Gasteiger partial charge in [0.2, 0.25) is 0 Å². The summed E-state index contributed by atoms with van der Waals surface area (Å²) in [6.07, 6.45) is 0.778. The van der Waals surface area contributed by atoms with Gasteiger partial charge in [-0.3, -0.25) is 0 Å². The Morgan fingerprint density at radius 2 is 1.87 bits per heavy atom. The molecule has 1 saturated heterocycles. The minimum Gasteiger partial charge on any atom is -0.354 e. The van der Waals surface area contributed by atoms with Crippen LogP contribution < -0.4 is 5.32 Å². The molecule has 2 heterocycles. The van der Waals surface area contributed by atoms with Gasteiger partial charge in [-0.25, -0.2) is 4.99 Å². The van der Waals surface area contributed by atoms with Crippen LogP contribution in [0.15, 0.2) is 41.4 Å². The van der Waals surface area contributed by atoms with Crippen LogP contribution in [-0.4, -0.2) is 36.9 Å². The van der Waals surface area contributed by atoms with Crippen molar-refractivity contribution in [3.63, 3.8) is 0 Å². The number of piperazine rings is 1. The first-order valence-electron chi connectivity index (χ1n) is 7.83. The van der Waals surface area contributed by atoms with Gasteiger partial charge in [0.25, 0.3) is 0 Å². The predicted molar refractivity (Wildman–Crippen MR) is 96.3 cm³/mol. The van der Waals surface area contributed by atoms with Crippen molar-refractivity contribution in [2.45, 2.75) is 6.42 Å². The molecule has 5 heteroatoms. The highest BCUT2D eigenvalue weighted by molar-refractivity contribution is 6.32. The van der Waals surface area contributed by atoms with Crippen LogP contribution in [0.1, 0.15) is 16.7 Å². The van der Waals surface area contributed by atoms with Crippen molar-refractivity contribution in [3.05, 3.63) is 63.1 Å². The summed E-state index contributed by atoms with van der Waals surface area (Å²) in [4.78, 5) is 7.31. The molecule has 0 bridgehead atoms. The molecule has 2 aliphatic heterocycles. The molecule has 0 atom stereocenters. The first-order chi connectivity index (χ1) is 11.2. The zero-order valence-corrected chi connectivity index (χ0v) is 14.2. The molecule has 118 valence electrons. The van der Waals surface area contributed by atoms with Crippen molar-refractivity contribution in [2.75, 3.05) is 26.2 Å². The number of hydrogen-bond acceptors (Lipinski definition) is 3. The number of nitrogens with one attached hydrogen (secondary N) is 1. The second-order valence-corrected chi connectivity index (χ2v) is 6.73. The van der Waals surface area contributed by atoms with E-state index in [1.54, 1.807) is 0 Å².